The van der Waals surface area contributed by atoms with Gasteiger partial charge in [0.1, 0.15) is 23.0 Å². The Kier molecular flexibility index (Phi) is 34.2. The van der Waals surface area contributed by atoms with Crippen molar-refractivity contribution in [2.45, 2.75) is 245 Å². The van der Waals surface area contributed by atoms with Crippen LogP contribution in [0.2, 0.25) is 0 Å². The fourth-order valence-electron chi connectivity index (χ4n) is 10.0. The van der Waals surface area contributed by atoms with Crippen molar-refractivity contribution in [2.24, 2.45) is 36.5 Å². The second-order valence-electron chi connectivity index (χ2n) is 22.0. The van der Waals surface area contributed by atoms with Crippen LogP contribution in [0, 0.1) is 0 Å². The highest BCUT2D eigenvalue weighted by molar-refractivity contribution is 7.80. The van der Waals surface area contributed by atoms with Crippen LogP contribution in [0.25, 0.3) is 0 Å². The largest absolute Gasteiger partial charge is 0.457 e. The summed E-state index contributed by atoms with van der Waals surface area (Å²) in [5.41, 5.74) is 28.2. The summed E-state index contributed by atoms with van der Waals surface area (Å²) in [5.74, 6) is 2.09. The van der Waals surface area contributed by atoms with Crippen LogP contribution < -0.4 is 51.2 Å². The molecule has 0 saturated heterocycles. The molecule has 16 heteroatoms. The molecular weight excluding hydrogens is 1050 g/mol. The molecule has 10 N–H and O–H groups in total. The first-order chi connectivity index (χ1) is 39.3. The van der Waals surface area contributed by atoms with Gasteiger partial charge in [0, 0.05) is 39.3 Å². The molecule has 4 aromatic carbocycles. The van der Waals surface area contributed by atoms with Crippen molar-refractivity contribution in [3.63, 3.8) is 0 Å². The summed E-state index contributed by atoms with van der Waals surface area (Å²) < 4.78 is 45.5. The molecule has 0 saturated carbocycles. The van der Waals surface area contributed by atoms with Crippen LogP contribution in [0.15, 0.2) is 111 Å². The Bertz CT molecular complexity index is 2140. The van der Waals surface area contributed by atoms with Crippen molar-refractivity contribution < 1.29 is 18.1 Å². The van der Waals surface area contributed by atoms with Crippen molar-refractivity contribution in [2.75, 3.05) is 13.1 Å². The normalized spacial score (nSPS) is 14.2. The van der Waals surface area contributed by atoms with Gasteiger partial charge in [-0.1, -0.05) is 260 Å². The van der Waals surface area contributed by atoms with Crippen molar-refractivity contribution in [3.05, 3.63) is 119 Å². The molecule has 0 spiro atoms. The third-order valence-electron chi connectivity index (χ3n) is 15.0. The molecule has 0 fully saturated rings. The number of benzene rings is 4. The van der Waals surface area contributed by atoms with Crippen molar-refractivity contribution in [1.82, 2.24) is 10.2 Å². The minimum Gasteiger partial charge on any atom is -0.413 e. The summed E-state index contributed by atoms with van der Waals surface area (Å²) in [6.07, 6.45) is 41.7. The summed E-state index contributed by atoms with van der Waals surface area (Å²) in [5, 5.41) is 7.88. The van der Waals surface area contributed by atoms with E-state index in [1.165, 1.54) is 180 Å². The fraction of sp³-hybridized carbons (Fsp3) is 0.625. The lowest BCUT2D eigenvalue weighted by Gasteiger charge is -2.34. The Hall–Kier alpha value is -3.47. The molecule has 5 rings (SSSR count). The van der Waals surface area contributed by atoms with Gasteiger partial charge in [0.2, 0.25) is 7.51 Å². The Morgan fingerprint density at radius 2 is 0.500 bits per heavy atom. The molecule has 448 valence electrons. The lowest BCUT2D eigenvalue weighted by atomic mass is 10.0. The molecule has 0 amide bonds. The minimum atomic E-state index is -3.84. The van der Waals surface area contributed by atoms with Gasteiger partial charge in [-0.2, -0.15) is 0 Å². The SMILES string of the molecule is CCCCCCCCCCCCCCCCCCNP1(NCCCCCCCCCCCCCCCCCC)=NP(Oc2ccc(CN)cc2)(Oc2ccc(CN)cc2)=NP(Oc2ccc(CN)cc2)(Oc2ccc(CN)cc2)=N1. The van der Waals surface area contributed by atoms with Gasteiger partial charge in [0.15, 0.2) is 0 Å². The van der Waals surface area contributed by atoms with Crippen LogP contribution in [-0.4, -0.2) is 13.1 Å². The van der Waals surface area contributed by atoms with E-state index in [2.05, 4.69) is 24.0 Å². The second kappa shape index (κ2) is 40.7. The van der Waals surface area contributed by atoms with Crippen LogP contribution in [0.1, 0.15) is 242 Å². The molecule has 0 atom stereocenters. The van der Waals surface area contributed by atoms with E-state index < -0.39 is 22.8 Å². The number of rotatable bonds is 48. The minimum absolute atomic E-state index is 0.390. The van der Waals surface area contributed by atoms with Crippen LogP contribution in [0.5, 0.6) is 23.0 Å². The average molecular weight is 1160 g/mol. The summed E-state index contributed by atoms with van der Waals surface area (Å²) in [7, 11) is -10.9. The maximum Gasteiger partial charge on any atom is 0.457 e. The number of unbranched alkanes of at least 4 members (excludes halogenated alkanes) is 30. The monoisotopic (exact) mass is 1160 g/mol. The van der Waals surface area contributed by atoms with E-state index >= 15 is 0 Å². The van der Waals surface area contributed by atoms with Gasteiger partial charge in [-0.05, 0) is 83.6 Å². The van der Waals surface area contributed by atoms with Crippen molar-refractivity contribution >= 4 is 22.8 Å². The second-order valence-corrected chi connectivity index (χ2v) is 28.7. The van der Waals surface area contributed by atoms with E-state index in [1.54, 1.807) is 0 Å². The highest BCUT2D eigenvalue weighted by Crippen LogP contribution is 2.76. The van der Waals surface area contributed by atoms with Crippen LogP contribution in [0.3, 0.4) is 0 Å². The van der Waals surface area contributed by atoms with E-state index in [1.807, 2.05) is 97.1 Å². The van der Waals surface area contributed by atoms with Gasteiger partial charge >= 0.3 is 15.3 Å². The Balaban J connectivity index is 1.41. The van der Waals surface area contributed by atoms with Gasteiger partial charge in [-0.25, -0.2) is 0 Å². The topological polar surface area (TPSA) is 202 Å². The molecule has 4 aromatic rings. The van der Waals surface area contributed by atoms with Crippen LogP contribution in [0.4, 0.5) is 0 Å². The van der Waals surface area contributed by atoms with Gasteiger partial charge in [0.25, 0.3) is 0 Å². The van der Waals surface area contributed by atoms with Gasteiger partial charge in [-0.3, -0.25) is 10.2 Å². The number of nitrogens with two attached hydrogens (primary N) is 4. The van der Waals surface area contributed by atoms with Crippen LogP contribution in [-0.2, 0) is 26.2 Å². The average Bonchev–Trinajstić information content (AvgIpc) is 3.47. The molecule has 0 unspecified atom stereocenters. The zero-order chi connectivity index (χ0) is 56.7. The quantitative estimate of drug-likeness (QED) is 0.0182. The van der Waals surface area contributed by atoms with E-state index in [0.717, 1.165) is 47.9 Å². The zero-order valence-electron chi connectivity index (χ0n) is 49.7. The lowest BCUT2D eigenvalue weighted by molar-refractivity contribution is 0.459. The molecule has 0 aromatic heterocycles. The fourth-order valence-corrected chi connectivity index (χ4v) is 20.0. The van der Waals surface area contributed by atoms with Gasteiger partial charge in [-0.15, -0.1) is 9.03 Å². The van der Waals surface area contributed by atoms with Gasteiger partial charge in [0.05, 0.1) is 0 Å². The third-order valence-corrected chi connectivity index (χ3v) is 23.8. The summed E-state index contributed by atoms with van der Waals surface area (Å²) in [6, 6.07) is 30.8. The number of hydrogen-bond donors (Lipinski definition) is 6. The first kappa shape index (κ1) is 67.3. The summed E-state index contributed by atoms with van der Waals surface area (Å²) in [6.45, 7) is 7.47. The molecule has 0 radical (unpaired) electrons. The van der Waals surface area contributed by atoms with Gasteiger partial charge < -0.3 is 41.0 Å². The Morgan fingerprint density at radius 1 is 0.287 bits per heavy atom. The Labute approximate surface area is 486 Å². The smallest absolute Gasteiger partial charge is 0.413 e. The standard InChI is InChI=1S/C64H108N9O4P3/c1-3-5-7-9-11-13-15-17-19-21-23-25-27-29-31-33-51-69-78(70-52-34-32-30-28-26-24-22-20-18-16-14-12-10-8-6-4-2)71-79(74-61-43-35-57(53-65)36-44-61,75-62-45-37-58(54-66)38-46-62)73-80(72-78,76-63-47-39-59(55-67)40-48-63)77-64-49-41-60(56-68)42-50-64/h35-50,69-70H,3-34,51-56,65-68H2,1-2H3. The molecule has 0 bridgehead atoms. The Morgan fingerprint density at radius 3 is 0.725 bits per heavy atom. The predicted octanol–water partition coefficient (Wildman–Crippen LogP) is 19.7. The molecule has 1 aliphatic rings. The van der Waals surface area contributed by atoms with Crippen LogP contribution >= 0.6 is 22.8 Å². The summed E-state index contributed by atoms with van der Waals surface area (Å²) in [4.78, 5) is 0. The number of hydrogen-bond acceptors (Lipinski definition) is 13. The molecular formula is C64H108N9O4P3. The molecule has 1 heterocycles. The van der Waals surface area contributed by atoms with Crippen molar-refractivity contribution in [1.29, 1.82) is 0 Å². The predicted molar refractivity (Wildman–Crippen MR) is 343 cm³/mol. The maximum absolute atomic E-state index is 7.15. The lowest BCUT2D eigenvalue weighted by Crippen LogP contribution is -2.25. The highest BCUT2D eigenvalue weighted by Gasteiger charge is 2.45. The number of nitrogens with zero attached hydrogens (tertiary/aromatic N) is 3. The molecule has 0 aliphatic carbocycles. The first-order valence-corrected chi connectivity index (χ1v) is 36.4. The van der Waals surface area contributed by atoms with E-state index in [-0.39, 0.29) is 0 Å². The maximum atomic E-state index is 7.15. The zero-order valence-corrected chi connectivity index (χ0v) is 52.4. The molecule has 80 heavy (non-hydrogen) atoms. The summed E-state index contributed by atoms with van der Waals surface area (Å²) >= 11 is 0. The first-order valence-electron chi connectivity index (χ1n) is 31.6. The van der Waals surface area contributed by atoms with E-state index in [0.29, 0.717) is 62.3 Å². The van der Waals surface area contributed by atoms with Crippen molar-refractivity contribution in [3.8, 4) is 23.0 Å². The van der Waals surface area contributed by atoms with E-state index in [9.17, 15) is 0 Å². The molecule has 13 nitrogen and oxygen atoms in total. The van der Waals surface area contributed by atoms with E-state index in [4.69, 9.17) is 54.6 Å². The highest BCUT2D eigenvalue weighted by atomic mass is 31.3. The third kappa shape index (κ3) is 26.8. The number of nitrogens with one attached hydrogen (secondary N) is 2. The molecule has 1 aliphatic heterocycles.